The van der Waals surface area contributed by atoms with Gasteiger partial charge < -0.3 is 20.9 Å². The largest absolute Gasteiger partial charge is 0.504 e. The van der Waals surface area contributed by atoms with Crippen LogP contribution in [0.25, 0.3) is 0 Å². The van der Waals surface area contributed by atoms with Crippen molar-refractivity contribution in [1.82, 2.24) is 0 Å². The lowest BCUT2D eigenvalue weighted by Gasteiger charge is -2.11. The number of halogens is 1. The molecule has 0 aliphatic heterocycles. The Labute approximate surface area is 124 Å². The van der Waals surface area contributed by atoms with Gasteiger partial charge in [-0.2, -0.15) is 0 Å². The Morgan fingerprint density at radius 2 is 2.10 bits per heavy atom. The maximum atomic E-state index is 12.2. The quantitative estimate of drug-likeness (QED) is 0.752. The third kappa shape index (κ3) is 2.85. The van der Waals surface area contributed by atoms with Crippen molar-refractivity contribution in [2.45, 2.75) is 0 Å². The maximum absolute atomic E-state index is 12.2. The molecule has 0 bridgehead atoms. The van der Waals surface area contributed by atoms with Crippen molar-refractivity contribution < 1.29 is 14.6 Å². The molecule has 6 heteroatoms. The molecular formula is C14H13BrN2O3. The van der Waals surface area contributed by atoms with E-state index >= 15 is 0 Å². The summed E-state index contributed by atoms with van der Waals surface area (Å²) < 4.78 is 5.67. The van der Waals surface area contributed by atoms with Gasteiger partial charge in [-0.1, -0.05) is 6.07 Å². The average Bonchev–Trinajstić information content (AvgIpc) is 2.43. The molecule has 2 aromatic rings. The number of nitrogens with one attached hydrogen (secondary N) is 1. The predicted octanol–water partition coefficient (Wildman–Crippen LogP) is 3.00. The summed E-state index contributed by atoms with van der Waals surface area (Å²) in [7, 11) is 1.42. The van der Waals surface area contributed by atoms with E-state index in [0.29, 0.717) is 15.8 Å². The number of carbonyl (C=O) groups is 1. The minimum Gasteiger partial charge on any atom is -0.504 e. The lowest BCUT2D eigenvalue weighted by molar-refractivity contribution is 0.102. The number of anilines is 2. The molecule has 0 radical (unpaired) electrons. The van der Waals surface area contributed by atoms with Gasteiger partial charge in [0.05, 0.1) is 18.4 Å². The van der Waals surface area contributed by atoms with Gasteiger partial charge in [-0.25, -0.2) is 0 Å². The Morgan fingerprint density at radius 3 is 2.80 bits per heavy atom. The van der Waals surface area contributed by atoms with Crippen molar-refractivity contribution >= 4 is 33.2 Å². The van der Waals surface area contributed by atoms with Crippen LogP contribution in [0, 0.1) is 0 Å². The summed E-state index contributed by atoms with van der Waals surface area (Å²) in [4.78, 5) is 12.2. The molecule has 0 aromatic heterocycles. The second-order valence-corrected chi connectivity index (χ2v) is 4.90. The van der Waals surface area contributed by atoms with Gasteiger partial charge in [0.25, 0.3) is 5.91 Å². The number of phenolic OH excluding ortho intramolecular Hbond substituents is 1. The van der Waals surface area contributed by atoms with E-state index < -0.39 is 5.91 Å². The molecule has 0 fully saturated rings. The number of carbonyl (C=O) groups excluding carboxylic acids is 1. The second kappa shape index (κ2) is 5.83. The Hall–Kier alpha value is -2.21. The molecule has 2 rings (SSSR count). The number of amides is 1. The molecule has 4 N–H and O–H groups in total. The molecule has 20 heavy (non-hydrogen) atoms. The molecule has 0 saturated heterocycles. The number of nitrogen functional groups attached to an aromatic ring is 1. The molecule has 0 aliphatic rings. The summed E-state index contributed by atoms with van der Waals surface area (Å²) in [6, 6.07) is 9.77. The van der Waals surface area contributed by atoms with Crippen molar-refractivity contribution in [2.24, 2.45) is 0 Å². The Morgan fingerprint density at radius 1 is 1.35 bits per heavy atom. The Kier molecular flexibility index (Phi) is 4.14. The molecule has 0 atom stereocenters. The monoisotopic (exact) mass is 336 g/mol. The van der Waals surface area contributed by atoms with Crippen LogP contribution in [0.4, 0.5) is 11.4 Å². The summed E-state index contributed by atoms with van der Waals surface area (Å²) in [5.41, 5.74) is 6.85. The summed E-state index contributed by atoms with van der Waals surface area (Å²) >= 11 is 3.32. The van der Waals surface area contributed by atoms with Crippen LogP contribution < -0.4 is 15.8 Å². The minimum atomic E-state index is -0.451. The zero-order chi connectivity index (χ0) is 14.7. The normalized spacial score (nSPS) is 10.1. The first-order valence-electron chi connectivity index (χ1n) is 5.75. The zero-order valence-corrected chi connectivity index (χ0v) is 12.3. The number of benzene rings is 2. The summed E-state index contributed by atoms with van der Waals surface area (Å²) in [6.07, 6.45) is 0. The van der Waals surface area contributed by atoms with Crippen LogP contribution in [0.2, 0.25) is 0 Å². The van der Waals surface area contributed by atoms with Crippen molar-refractivity contribution in [3.8, 4) is 11.5 Å². The molecule has 0 aliphatic carbocycles. The van der Waals surface area contributed by atoms with E-state index in [4.69, 9.17) is 10.5 Å². The van der Waals surface area contributed by atoms with Crippen molar-refractivity contribution in [3.05, 3.63) is 46.4 Å². The predicted molar refractivity (Wildman–Crippen MR) is 81.2 cm³/mol. The number of aromatic hydroxyl groups is 1. The molecule has 0 unspecified atom stereocenters. The standard InChI is InChI=1S/C14H13BrN2O3/c1-20-12-4-2-3-9(13(12)18)14(19)17-11-7-8(16)5-6-10(11)15/h2-7,18H,16H2,1H3,(H,17,19). The van der Waals surface area contributed by atoms with E-state index in [1.807, 2.05) is 0 Å². The van der Waals surface area contributed by atoms with Gasteiger partial charge in [-0.3, -0.25) is 4.79 Å². The average molecular weight is 337 g/mol. The minimum absolute atomic E-state index is 0.124. The van der Waals surface area contributed by atoms with E-state index in [2.05, 4.69) is 21.2 Å². The Balaban J connectivity index is 2.31. The number of methoxy groups -OCH3 is 1. The second-order valence-electron chi connectivity index (χ2n) is 4.05. The van der Waals surface area contributed by atoms with E-state index in [0.717, 1.165) is 0 Å². The van der Waals surface area contributed by atoms with Gasteiger partial charge >= 0.3 is 0 Å². The molecule has 104 valence electrons. The smallest absolute Gasteiger partial charge is 0.259 e. The molecule has 0 heterocycles. The van der Waals surface area contributed by atoms with Gasteiger partial charge in [0.15, 0.2) is 11.5 Å². The molecule has 5 nitrogen and oxygen atoms in total. The molecule has 2 aromatic carbocycles. The first-order valence-corrected chi connectivity index (χ1v) is 6.54. The SMILES string of the molecule is COc1cccc(C(=O)Nc2cc(N)ccc2Br)c1O. The summed E-state index contributed by atoms with van der Waals surface area (Å²) in [5.74, 6) is -0.412. The van der Waals surface area contributed by atoms with Crippen LogP contribution in [-0.2, 0) is 0 Å². The van der Waals surface area contributed by atoms with E-state index in [1.165, 1.54) is 13.2 Å². The van der Waals surface area contributed by atoms with Gasteiger partial charge in [-0.15, -0.1) is 0 Å². The van der Waals surface area contributed by atoms with Crippen molar-refractivity contribution in [2.75, 3.05) is 18.2 Å². The molecule has 0 spiro atoms. The fraction of sp³-hybridized carbons (Fsp3) is 0.0714. The van der Waals surface area contributed by atoms with Crippen LogP contribution in [0.5, 0.6) is 11.5 Å². The zero-order valence-electron chi connectivity index (χ0n) is 10.7. The third-order valence-corrected chi connectivity index (χ3v) is 3.39. The number of nitrogens with two attached hydrogens (primary N) is 1. The van der Waals surface area contributed by atoms with Crippen LogP contribution in [-0.4, -0.2) is 18.1 Å². The summed E-state index contributed by atoms with van der Waals surface area (Å²) in [5, 5.41) is 12.6. The van der Waals surface area contributed by atoms with E-state index in [-0.39, 0.29) is 17.1 Å². The fourth-order valence-corrected chi connectivity index (χ4v) is 2.04. The van der Waals surface area contributed by atoms with Gasteiger partial charge in [-0.05, 0) is 46.3 Å². The number of rotatable bonds is 3. The number of ether oxygens (including phenoxy) is 1. The third-order valence-electron chi connectivity index (χ3n) is 2.70. The first-order chi connectivity index (χ1) is 9.52. The maximum Gasteiger partial charge on any atom is 0.259 e. The van der Waals surface area contributed by atoms with Crippen molar-refractivity contribution in [1.29, 1.82) is 0 Å². The molecular weight excluding hydrogens is 324 g/mol. The fourth-order valence-electron chi connectivity index (χ4n) is 1.70. The van der Waals surface area contributed by atoms with Crippen LogP contribution in [0.3, 0.4) is 0 Å². The van der Waals surface area contributed by atoms with Gasteiger partial charge in [0.2, 0.25) is 0 Å². The number of para-hydroxylation sites is 1. The highest BCUT2D eigenvalue weighted by molar-refractivity contribution is 9.10. The van der Waals surface area contributed by atoms with Crippen LogP contribution >= 0.6 is 15.9 Å². The lowest BCUT2D eigenvalue weighted by Crippen LogP contribution is -2.13. The van der Waals surface area contributed by atoms with Crippen molar-refractivity contribution in [3.63, 3.8) is 0 Å². The highest BCUT2D eigenvalue weighted by atomic mass is 79.9. The lowest BCUT2D eigenvalue weighted by atomic mass is 10.1. The van der Waals surface area contributed by atoms with E-state index in [1.54, 1.807) is 30.3 Å². The molecule has 0 saturated carbocycles. The first kappa shape index (κ1) is 14.2. The van der Waals surface area contributed by atoms with Crippen LogP contribution in [0.15, 0.2) is 40.9 Å². The number of hydrogen-bond acceptors (Lipinski definition) is 4. The molecule has 1 amide bonds. The van der Waals surface area contributed by atoms with Gasteiger partial charge in [0, 0.05) is 10.2 Å². The highest BCUT2D eigenvalue weighted by Crippen LogP contribution is 2.31. The number of phenols is 1. The van der Waals surface area contributed by atoms with Crippen LogP contribution in [0.1, 0.15) is 10.4 Å². The topological polar surface area (TPSA) is 84.6 Å². The van der Waals surface area contributed by atoms with Gasteiger partial charge in [0.1, 0.15) is 0 Å². The number of hydrogen-bond donors (Lipinski definition) is 3. The van der Waals surface area contributed by atoms with E-state index in [9.17, 15) is 9.90 Å². The Bertz CT molecular complexity index is 659. The summed E-state index contributed by atoms with van der Waals surface area (Å²) in [6.45, 7) is 0. The highest BCUT2D eigenvalue weighted by Gasteiger charge is 2.15.